The molecular weight excluding hydrogens is 273 g/mol. The largest absolute Gasteiger partial charge is 0.242 e. The predicted molar refractivity (Wildman–Crippen MR) is 59.5 cm³/mol. The number of fused-ring (bicyclic) bond motifs is 1. The van der Waals surface area contributed by atoms with Gasteiger partial charge in [0.2, 0.25) is 0 Å². The van der Waals surface area contributed by atoms with Gasteiger partial charge in [-0.3, -0.25) is 0 Å². The van der Waals surface area contributed by atoms with Crippen LogP contribution in [0.25, 0.3) is 10.8 Å². The Balaban J connectivity index is 3.00. The summed E-state index contributed by atoms with van der Waals surface area (Å²) >= 11 is 15.3. The van der Waals surface area contributed by atoms with Crippen LogP contribution < -0.4 is 0 Å². The predicted octanol–water partition coefficient (Wildman–Crippen LogP) is 4.30. The van der Waals surface area contributed by atoms with Crippen LogP contribution >= 0.6 is 39.1 Å². The van der Waals surface area contributed by atoms with E-state index in [1.807, 2.05) is 18.2 Å². The number of benzene rings is 1. The summed E-state index contributed by atoms with van der Waals surface area (Å²) < 4.78 is 0.930. The van der Waals surface area contributed by atoms with E-state index in [2.05, 4.69) is 20.9 Å². The van der Waals surface area contributed by atoms with E-state index in [4.69, 9.17) is 23.2 Å². The SMILES string of the molecule is Clc1ncc(Cl)c2c(Br)cccc12. The maximum atomic E-state index is 5.98. The molecule has 0 aliphatic heterocycles. The van der Waals surface area contributed by atoms with Gasteiger partial charge in [-0.1, -0.05) is 51.3 Å². The lowest BCUT2D eigenvalue weighted by molar-refractivity contribution is 1.36. The van der Waals surface area contributed by atoms with Gasteiger partial charge in [0.15, 0.2) is 0 Å². The Bertz CT molecular complexity index is 462. The van der Waals surface area contributed by atoms with Crippen LogP contribution in [0.4, 0.5) is 0 Å². The second-order valence-corrected chi connectivity index (χ2v) is 4.18. The average molecular weight is 277 g/mol. The smallest absolute Gasteiger partial charge is 0.136 e. The fraction of sp³-hybridized carbons (Fsp3) is 0. The first-order valence-electron chi connectivity index (χ1n) is 3.58. The Labute approximate surface area is 93.8 Å². The van der Waals surface area contributed by atoms with Crippen molar-refractivity contribution in [1.82, 2.24) is 4.98 Å². The molecule has 66 valence electrons. The minimum absolute atomic E-state index is 0.473. The molecule has 1 aromatic heterocycles. The van der Waals surface area contributed by atoms with Gasteiger partial charge in [0.25, 0.3) is 0 Å². The minimum atomic E-state index is 0.473. The monoisotopic (exact) mass is 275 g/mol. The van der Waals surface area contributed by atoms with Gasteiger partial charge in [-0.05, 0) is 6.07 Å². The number of halogens is 3. The van der Waals surface area contributed by atoms with Crippen LogP contribution in [-0.4, -0.2) is 4.98 Å². The first-order chi connectivity index (χ1) is 6.20. The molecule has 0 saturated heterocycles. The zero-order valence-corrected chi connectivity index (χ0v) is 9.49. The quantitative estimate of drug-likeness (QED) is 0.654. The summed E-state index contributed by atoms with van der Waals surface area (Å²) in [5.41, 5.74) is 0. The van der Waals surface area contributed by atoms with Crippen molar-refractivity contribution in [3.63, 3.8) is 0 Å². The average Bonchev–Trinajstić information content (AvgIpc) is 2.12. The van der Waals surface area contributed by atoms with E-state index >= 15 is 0 Å². The summed E-state index contributed by atoms with van der Waals surface area (Å²) in [5.74, 6) is 0. The number of rotatable bonds is 0. The molecule has 0 saturated carbocycles. The molecule has 0 bridgehead atoms. The van der Waals surface area contributed by atoms with Crippen LogP contribution in [0.1, 0.15) is 0 Å². The summed E-state index contributed by atoms with van der Waals surface area (Å²) in [6.07, 6.45) is 1.55. The van der Waals surface area contributed by atoms with E-state index in [-0.39, 0.29) is 0 Å². The van der Waals surface area contributed by atoms with E-state index in [9.17, 15) is 0 Å². The molecule has 0 unspecified atom stereocenters. The molecule has 0 spiro atoms. The van der Waals surface area contributed by atoms with Crippen LogP contribution in [0.3, 0.4) is 0 Å². The Hall–Kier alpha value is -0.310. The highest BCUT2D eigenvalue weighted by molar-refractivity contribution is 9.10. The third kappa shape index (κ3) is 1.54. The van der Waals surface area contributed by atoms with Crippen LogP contribution in [0.15, 0.2) is 28.9 Å². The lowest BCUT2D eigenvalue weighted by Crippen LogP contribution is -1.81. The molecule has 2 aromatic rings. The molecule has 0 radical (unpaired) electrons. The number of nitrogens with zero attached hydrogens (tertiary/aromatic N) is 1. The van der Waals surface area contributed by atoms with Gasteiger partial charge in [0.05, 0.1) is 5.02 Å². The Morgan fingerprint density at radius 2 is 2.00 bits per heavy atom. The Morgan fingerprint density at radius 1 is 1.23 bits per heavy atom. The van der Waals surface area contributed by atoms with Crippen LogP contribution in [0.2, 0.25) is 10.2 Å². The summed E-state index contributed by atoms with van der Waals surface area (Å²) in [6.45, 7) is 0. The number of aromatic nitrogens is 1. The van der Waals surface area contributed by atoms with E-state index in [1.165, 1.54) is 0 Å². The normalized spacial score (nSPS) is 10.7. The standard InChI is InChI=1S/C9H4BrCl2N/c10-6-3-1-2-5-8(6)7(11)4-13-9(5)12/h1-4H. The maximum absolute atomic E-state index is 5.98. The fourth-order valence-electron chi connectivity index (χ4n) is 1.19. The van der Waals surface area contributed by atoms with Crippen molar-refractivity contribution in [1.29, 1.82) is 0 Å². The van der Waals surface area contributed by atoms with E-state index in [0.29, 0.717) is 10.2 Å². The van der Waals surface area contributed by atoms with Crippen LogP contribution in [-0.2, 0) is 0 Å². The molecule has 0 fully saturated rings. The molecule has 1 aromatic carbocycles. The van der Waals surface area contributed by atoms with Crippen LogP contribution in [0.5, 0.6) is 0 Å². The Morgan fingerprint density at radius 3 is 2.69 bits per heavy atom. The Kier molecular flexibility index (Phi) is 2.45. The molecule has 1 heterocycles. The van der Waals surface area contributed by atoms with Crippen molar-refractivity contribution in [2.45, 2.75) is 0 Å². The van der Waals surface area contributed by atoms with Gasteiger partial charge >= 0.3 is 0 Å². The lowest BCUT2D eigenvalue weighted by atomic mass is 10.2. The van der Waals surface area contributed by atoms with Crippen molar-refractivity contribution < 1.29 is 0 Å². The van der Waals surface area contributed by atoms with Crippen molar-refractivity contribution in [3.05, 3.63) is 39.0 Å². The van der Waals surface area contributed by atoms with E-state index in [0.717, 1.165) is 15.2 Å². The third-order valence-electron chi connectivity index (χ3n) is 1.77. The summed E-state index contributed by atoms with van der Waals surface area (Å²) in [6, 6.07) is 5.71. The first-order valence-corrected chi connectivity index (χ1v) is 5.13. The molecule has 0 aliphatic rings. The second kappa shape index (κ2) is 3.45. The number of hydrogen-bond acceptors (Lipinski definition) is 1. The molecule has 0 atom stereocenters. The lowest BCUT2D eigenvalue weighted by Gasteiger charge is -2.03. The second-order valence-electron chi connectivity index (χ2n) is 2.56. The van der Waals surface area contributed by atoms with Crippen LogP contribution in [0, 0.1) is 0 Å². The van der Waals surface area contributed by atoms with Gasteiger partial charge in [-0.2, -0.15) is 0 Å². The highest BCUT2D eigenvalue weighted by Gasteiger charge is 2.06. The van der Waals surface area contributed by atoms with Gasteiger partial charge < -0.3 is 0 Å². The number of pyridine rings is 1. The van der Waals surface area contributed by atoms with Gasteiger partial charge in [-0.25, -0.2) is 4.98 Å². The summed E-state index contributed by atoms with van der Waals surface area (Å²) in [4.78, 5) is 3.96. The van der Waals surface area contributed by atoms with E-state index < -0.39 is 0 Å². The molecule has 1 nitrogen and oxygen atoms in total. The van der Waals surface area contributed by atoms with Gasteiger partial charge in [-0.15, -0.1) is 0 Å². The minimum Gasteiger partial charge on any atom is -0.242 e. The third-order valence-corrected chi connectivity index (χ3v) is 3.01. The topological polar surface area (TPSA) is 12.9 Å². The van der Waals surface area contributed by atoms with E-state index in [1.54, 1.807) is 6.20 Å². The molecule has 2 rings (SSSR count). The first kappa shape index (κ1) is 9.25. The zero-order valence-electron chi connectivity index (χ0n) is 6.39. The van der Waals surface area contributed by atoms with Crippen molar-refractivity contribution in [2.75, 3.05) is 0 Å². The fourth-order valence-corrected chi connectivity index (χ4v) is 2.34. The van der Waals surface area contributed by atoms with Crippen molar-refractivity contribution in [2.24, 2.45) is 0 Å². The van der Waals surface area contributed by atoms with Gasteiger partial charge in [0, 0.05) is 21.4 Å². The highest BCUT2D eigenvalue weighted by Crippen LogP contribution is 2.32. The molecule has 0 N–H and O–H groups in total. The molecule has 4 heteroatoms. The summed E-state index contributed by atoms with van der Waals surface area (Å²) in [5, 5.41) is 2.85. The number of hydrogen-bond donors (Lipinski definition) is 0. The molecule has 0 amide bonds. The highest BCUT2D eigenvalue weighted by atomic mass is 79.9. The molecule has 0 aliphatic carbocycles. The molecule has 13 heavy (non-hydrogen) atoms. The van der Waals surface area contributed by atoms with Crippen molar-refractivity contribution >= 4 is 49.9 Å². The van der Waals surface area contributed by atoms with Crippen molar-refractivity contribution in [3.8, 4) is 0 Å². The summed E-state index contributed by atoms with van der Waals surface area (Å²) in [7, 11) is 0. The maximum Gasteiger partial charge on any atom is 0.136 e. The molecular formula is C9H4BrCl2N. The van der Waals surface area contributed by atoms with Gasteiger partial charge in [0.1, 0.15) is 5.15 Å². The zero-order chi connectivity index (χ0) is 9.42.